The average Bonchev–Trinajstić information content (AvgIpc) is 2.44. The van der Waals surface area contributed by atoms with Crippen molar-refractivity contribution in [2.45, 2.75) is 19.8 Å². The highest BCUT2D eigenvalue weighted by molar-refractivity contribution is 5.39. The van der Waals surface area contributed by atoms with Crippen LogP contribution in [0.4, 0.5) is 0 Å². The quantitative estimate of drug-likeness (QED) is 0.553. The van der Waals surface area contributed by atoms with E-state index in [4.69, 9.17) is 9.47 Å². The van der Waals surface area contributed by atoms with E-state index in [0.29, 0.717) is 6.61 Å². The maximum absolute atomic E-state index is 5.77. The van der Waals surface area contributed by atoms with Crippen LogP contribution >= 0.6 is 0 Å². The van der Waals surface area contributed by atoms with Gasteiger partial charge in [0.25, 0.3) is 0 Å². The van der Waals surface area contributed by atoms with Gasteiger partial charge in [0.1, 0.15) is 6.61 Å². The zero-order valence-corrected chi connectivity index (χ0v) is 14.2. The van der Waals surface area contributed by atoms with Crippen LogP contribution in [0.3, 0.4) is 0 Å². The number of para-hydroxylation sites is 2. The highest BCUT2D eigenvalue weighted by Gasteiger charge is 2.03. The molecule has 4 nitrogen and oxygen atoms in total. The Balaban J connectivity index is 0.00000400. The second-order valence-electron chi connectivity index (χ2n) is 5.05. The fraction of sp³-hybridized carbons (Fsp3) is 0.625. The predicted molar refractivity (Wildman–Crippen MR) is 83.8 cm³/mol. The van der Waals surface area contributed by atoms with E-state index in [9.17, 15) is 0 Å². The van der Waals surface area contributed by atoms with E-state index in [1.807, 2.05) is 24.3 Å². The summed E-state index contributed by atoms with van der Waals surface area (Å²) in [6.45, 7) is 6.42. The van der Waals surface area contributed by atoms with Crippen molar-refractivity contribution >= 4 is 0 Å². The second-order valence-corrected chi connectivity index (χ2v) is 5.05. The van der Waals surface area contributed by atoms with E-state index in [-0.39, 0.29) is 12.4 Å². The lowest BCUT2D eigenvalue weighted by molar-refractivity contribution is -0.00000515. The number of nitrogens with zero attached hydrogens (tertiary/aromatic N) is 1. The molecule has 0 fully saturated rings. The van der Waals surface area contributed by atoms with Crippen molar-refractivity contribution in [2.75, 3.05) is 46.9 Å². The molecule has 0 unspecified atom stereocenters. The molecule has 0 spiro atoms. The Bertz CT molecular complexity index is 362. The number of unbranched alkanes of at least 4 members (excludes halogenated alkanes) is 1. The van der Waals surface area contributed by atoms with Crippen molar-refractivity contribution in [2.24, 2.45) is 0 Å². The van der Waals surface area contributed by atoms with Crippen LogP contribution in [0.2, 0.25) is 0 Å². The maximum atomic E-state index is 5.77. The molecule has 0 bridgehead atoms. The van der Waals surface area contributed by atoms with Crippen molar-refractivity contribution in [3.63, 3.8) is 0 Å². The summed E-state index contributed by atoms with van der Waals surface area (Å²) in [7, 11) is 4.14. The Kier molecular flexibility index (Phi) is 12.2. The van der Waals surface area contributed by atoms with Crippen LogP contribution in [0.15, 0.2) is 24.3 Å². The van der Waals surface area contributed by atoms with E-state index in [1.165, 1.54) is 0 Å². The van der Waals surface area contributed by atoms with Gasteiger partial charge in [-0.05, 0) is 32.6 Å². The van der Waals surface area contributed by atoms with Gasteiger partial charge in [0, 0.05) is 19.6 Å². The monoisotopic (exact) mass is 315 g/mol. The number of likely N-dealkylation sites (N-methyl/N-ethyl adjacent to an activating group) is 1. The van der Waals surface area contributed by atoms with Crippen LogP contribution in [-0.4, -0.2) is 51.8 Å². The van der Waals surface area contributed by atoms with E-state index in [0.717, 1.165) is 50.6 Å². The average molecular weight is 316 g/mol. The fourth-order valence-electron chi connectivity index (χ4n) is 1.68. The molecule has 0 heterocycles. The van der Waals surface area contributed by atoms with Crippen molar-refractivity contribution in [3.8, 4) is 11.5 Å². The fourth-order valence-corrected chi connectivity index (χ4v) is 1.68. The number of benzene rings is 1. The molecule has 1 rings (SSSR count). The van der Waals surface area contributed by atoms with E-state index in [1.54, 1.807) is 0 Å². The molecule has 5 heteroatoms. The first-order chi connectivity index (χ1) is 9.74. The Morgan fingerprint density at radius 2 is 1.62 bits per heavy atom. The van der Waals surface area contributed by atoms with Gasteiger partial charge in [0.15, 0.2) is 11.5 Å². The Morgan fingerprint density at radius 1 is 1.00 bits per heavy atom. The van der Waals surface area contributed by atoms with Gasteiger partial charge in [-0.2, -0.15) is 0 Å². The van der Waals surface area contributed by atoms with Crippen molar-refractivity contribution in [3.05, 3.63) is 24.3 Å². The molecular formula is C16H28ClN2O2-. The van der Waals surface area contributed by atoms with Crippen molar-refractivity contribution in [1.82, 2.24) is 10.2 Å². The topological polar surface area (TPSA) is 33.7 Å². The van der Waals surface area contributed by atoms with Crippen molar-refractivity contribution < 1.29 is 21.9 Å². The molecule has 0 aliphatic rings. The van der Waals surface area contributed by atoms with Crippen LogP contribution in [0, 0.1) is 0 Å². The molecule has 1 aromatic rings. The summed E-state index contributed by atoms with van der Waals surface area (Å²) in [4.78, 5) is 2.16. The number of rotatable bonds is 11. The molecule has 122 valence electrons. The summed E-state index contributed by atoms with van der Waals surface area (Å²) < 4.78 is 11.5. The molecule has 0 amide bonds. The highest BCUT2D eigenvalue weighted by atomic mass is 35.5. The third-order valence-electron chi connectivity index (χ3n) is 2.88. The SMILES string of the molecule is CCCCOc1ccccc1OCCNCCN(C)C.[Cl-]. The van der Waals surface area contributed by atoms with Crippen LogP contribution in [0.5, 0.6) is 11.5 Å². The summed E-state index contributed by atoms with van der Waals surface area (Å²) >= 11 is 0. The molecule has 0 saturated heterocycles. The van der Waals surface area contributed by atoms with Crippen molar-refractivity contribution in [1.29, 1.82) is 0 Å². The number of hydrogen-bond donors (Lipinski definition) is 1. The van der Waals surface area contributed by atoms with Gasteiger partial charge in [0.05, 0.1) is 6.61 Å². The van der Waals surface area contributed by atoms with Gasteiger partial charge in [-0.15, -0.1) is 0 Å². The molecule has 0 aliphatic carbocycles. The first-order valence-corrected chi connectivity index (χ1v) is 7.44. The third kappa shape index (κ3) is 9.56. The Hall–Kier alpha value is -0.970. The lowest BCUT2D eigenvalue weighted by Crippen LogP contribution is -3.00. The Morgan fingerprint density at radius 3 is 2.19 bits per heavy atom. The first-order valence-electron chi connectivity index (χ1n) is 7.44. The summed E-state index contributed by atoms with van der Waals surface area (Å²) in [6.07, 6.45) is 2.21. The number of nitrogens with one attached hydrogen (secondary N) is 1. The lowest BCUT2D eigenvalue weighted by Gasteiger charge is -2.13. The molecule has 1 N–H and O–H groups in total. The zero-order chi connectivity index (χ0) is 14.6. The van der Waals surface area contributed by atoms with Gasteiger partial charge in [-0.3, -0.25) is 0 Å². The van der Waals surface area contributed by atoms with E-state index < -0.39 is 0 Å². The third-order valence-corrected chi connectivity index (χ3v) is 2.88. The van der Waals surface area contributed by atoms with E-state index >= 15 is 0 Å². The maximum Gasteiger partial charge on any atom is 0.161 e. The van der Waals surface area contributed by atoms with E-state index in [2.05, 4.69) is 31.2 Å². The molecule has 0 aromatic heterocycles. The van der Waals surface area contributed by atoms with Gasteiger partial charge in [0.2, 0.25) is 0 Å². The van der Waals surface area contributed by atoms with Gasteiger partial charge < -0.3 is 32.1 Å². The molecule has 0 aliphatic heterocycles. The minimum atomic E-state index is 0. The lowest BCUT2D eigenvalue weighted by atomic mass is 10.3. The number of halogens is 1. The molecule has 1 aromatic carbocycles. The largest absolute Gasteiger partial charge is 1.00 e. The summed E-state index contributed by atoms with van der Waals surface area (Å²) in [5.41, 5.74) is 0. The molecule has 0 radical (unpaired) electrons. The second kappa shape index (κ2) is 12.7. The van der Waals surface area contributed by atoms with Crippen LogP contribution in [0.1, 0.15) is 19.8 Å². The minimum absolute atomic E-state index is 0. The molecule has 0 saturated carbocycles. The zero-order valence-electron chi connectivity index (χ0n) is 13.4. The summed E-state index contributed by atoms with van der Waals surface area (Å²) in [6, 6.07) is 7.87. The predicted octanol–water partition coefficient (Wildman–Crippen LogP) is -0.600. The molecule has 21 heavy (non-hydrogen) atoms. The molecular weight excluding hydrogens is 288 g/mol. The first kappa shape index (κ1) is 20.0. The van der Waals surface area contributed by atoms with Gasteiger partial charge in [-0.25, -0.2) is 0 Å². The number of ether oxygens (including phenoxy) is 2. The summed E-state index contributed by atoms with van der Waals surface area (Å²) in [5.74, 6) is 1.67. The highest BCUT2D eigenvalue weighted by Crippen LogP contribution is 2.26. The Labute approximate surface area is 135 Å². The minimum Gasteiger partial charge on any atom is -1.00 e. The normalized spacial score (nSPS) is 10.3. The number of hydrogen-bond acceptors (Lipinski definition) is 4. The molecule has 0 atom stereocenters. The smallest absolute Gasteiger partial charge is 0.161 e. The van der Waals surface area contributed by atoms with Crippen LogP contribution in [0.25, 0.3) is 0 Å². The standard InChI is InChI=1S/C16H28N2O2.ClH/c1-4-5-13-19-15-8-6-7-9-16(15)20-14-11-17-10-12-18(2)3;/h6-9,17H,4-5,10-14H2,1-3H3;1H/p-1. The van der Waals surface area contributed by atoms with Gasteiger partial charge >= 0.3 is 0 Å². The summed E-state index contributed by atoms with van der Waals surface area (Å²) in [5, 5.41) is 3.35. The van der Waals surface area contributed by atoms with Gasteiger partial charge in [-0.1, -0.05) is 25.5 Å². The van der Waals surface area contributed by atoms with Crippen LogP contribution < -0.4 is 27.2 Å². The van der Waals surface area contributed by atoms with Crippen LogP contribution in [-0.2, 0) is 0 Å².